The van der Waals surface area contributed by atoms with Crippen molar-refractivity contribution >= 4 is 22.7 Å². The van der Waals surface area contributed by atoms with Crippen molar-refractivity contribution in [3.8, 4) is 0 Å². The topological polar surface area (TPSA) is 65.2 Å². The van der Waals surface area contributed by atoms with Crippen LogP contribution in [0.15, 0.2) is 54.7 Å². The zero-order valence-corrected chi connectivity index (χ0v) is 14.4. The van der Waals surface area contributed by atoms with Gasteiger partial charge in [-0.05, 0) is 29.3 Å². The molecule has 0 atom stereocenters. The van der Waals surface area contributed by atoms with Gasteiger partial charge in [-0.25, -0.2) is 0 Å². The molecule has 5 heteroatoms. The van der Waals surface area contributed by atoms with Crippen LogP contribution < -0.4 is 5.32 Å². The number of carbonyl (C=O) groups excluding carboxylic acids is 2. The first-order valence-corrected chi connectivity index (χ1v) is 8.18. The summed E-state index contributed by atoms with van der Waals surface area (Å²) < 4.78 is 0. The van der Waals surface area contributed by atoms with E-state index >= 15 is 0 Å². The fraction of sp³-hybridized carbons (Fsp3) is 0.200. The fourth-order valence-electron chi connectivity index (χ4n) is 2.84. The Hall–Kier alpha value is -3.08. The van der Waals surface area contributed by atoms with Gasteiger partial charge < -0.3 is 15.2 Å². The van der Waals surface area contributed by atoms with Gasteiger partial charge in [-0.2, -0.15) is 0 Å². The van der Waals surface area contributed by atoms with E-state index in [1.165, 1.54) is 0 Å². The highest BCUT2D eigenvalue weighted by atomic mass is 16.2. The molecule has 0 aliphatic rings. The largest absolute Gasteiger partial charge is 0.361 e. The number of fused-ring (bicyclic) bond motifs is 1. The van der Waals surface area contributed by atoms with E-state index in [4.69, 9.17) is 0 Å². The number of hydrogen-bond acceptors (Lipinski definition) is 2. The number of aromatic nitrogens is 1. The van der Waals surface area contributed by atoms with Crippen LogP contribution in [0.2, 0.25) is 0 Å². The highest BCUT2D eigenvalue weighted by Crippen LogP contribution is 2.19. The van der Waals surface area contributed by atoms with E-state index in [0.717, 1.165) is 22.0 Å². The third-order valence-electron chi connectivity index (χ3n) is 4.31. The van der Waals surface area contributed by atoms with Crippen LogP contribution in [0.4, 0.5) is 0 Å². The maximum absolute atomic E-state index is 12.5. The predicted octanol–water partition coefficient (Wildman–Crippen LogP) is 2.73. The van der Waals surface area contributed by atoms with Gasteiger partial charge in [0.15, 0.2) is 0 Å². The lowest BCUT2D eigenvalue weighted by molar-refractivity contribution is -0.129. The first kappa shape index (κ1) is 16.8. The van der Waals surface area contributed by atoms with E-state index in [0.29, 0.717) is 18.5 Å². The number of rotatable bonds is 5. The molecule has 1 heterocycles. The Morgan fingerprint density at radius 1 is 1.08 bits per heavy atom. The zero-order valence-electron chi connectivity index (χ0n) is 14.4. The molecule has 0 aliphatic heterocycles. The molecule has 0 bridgehead atoms. The molecule has 3 rings (SSSR count). The van der Waals surface area contributed by atoms with Crippen molar-refractivity contribution in [2.45, 2.75) is 13.0 Å². The Kier molecular flexibility index (Phi) is 4.84. The minimum atomic E-state index is -0.115. The second kappa shape index (κ2) is 7.21. The molecule has 0 aliphatic carbocycles. The maximum Gasteiger partial charge on any atom is 0.251 e. The van der Waals surface area contributed by atoms with Crippen LogP contribution in [0.3, 0.4) is 0 Å². The molecule has 2 N–H and O–H groups in total. The predicted molar refractivity (Wildman–Crippen MR) is 98.3 cm³/mol. The van der Waals surface area contributed by atoms with Gasteiger partial charge in [0, 0.05) is 43.3 Å². The monoisotopic (exact) mass is 335 g/mol. The van der Waals surface area contributed by atoms with Crippen molar-refractivity contribution in [3.63, 3.8) is 0 Å². The molecule has 128 valence electrons. The van der Waals surface area contributed by atoms with Crippen molar-refractivity contribution in [3.05, 3.63) is 71.4 Å². The molecule has 0 radical (unpaired) electrons. The van der Waals surface area contributed by atoms with Crippen LogP contribution in [0.1, 0.15) is 21.5 Å². The summed E-state index contributed by atoms with van der Waals surface area (Å²) >= 11 is 0. The molecule has 2 aromatic carbocycles. The molecule has 25 heavy (non-hydrogen) atoms. The molecule has 1 aromatic heterocycles. The summed E-state index contributed by atoms with van der Waals surface area (Å²) in [6.45, 7) is 0.509. The van der Waals surface area contributed by atoms with E-state index in [2.05, 4.69) is 10.3 Å². The quantitative estimate of drug-likeness (QED) is 0.753. The Morgan fingerprint density at radius 2 is 1.80 bits per heavy atom. The van der Waals surface area contributed by atoms with Gasteiger partial charge >= 0.3 is 0 Å². The van der Waals surface area contributed by atoms with Crippen molar-refractivity contribution in [2.75, 3.05) is 14.1 Å². The molecule has 0 unspecified atom stereocenters. The summed E-state index contributed by atoms with van der Waals surface area (Å²) in [6, 6.07) is 15.3. The summed E-state index contributed by atoms with van der Waals surface area (Å²) in [6.07, 6.45) is 2.26. The third-order valence-corrected chi connectivity index (χ3v) is 4.31. The summed E-state index contributed by atoms with van der Waals surface area (Å²) in [5.41, 5.74) is 3.64. The average Bonchev–Trinajstić information content (AvgIpc) is 3.04. The number of hydrogen-bond donors (Lipinski definition) is 2. The Labute approximate surface area is 146 Å². The Bertz CT molecular complexity index is 897. The number of nitrogens with zero attached hydrogens (tertiary/aromatic N) is 1. The van der Waals surface area contributed by atoms with Gasteiger partial charge in [0.2, 0.25) is 5.91 Å². The Morgan fingerprint density at radius 3 is 2.52 bits per heavy atom. The van der Waals surface area contributed by atoms with Crippen molar-refractivity contribution in [2.24, 2.45) is 0 Å². The molecule has 0 fully saturated rings. The summed E-state index contributed by atoms with van der Waals surface area (Å²) in [4.78, 5) is 29.0. The number of H-pyrrole nitrogens is 1. The van der Waals surface area contributed by atoms with Crippen LogP contribution >= 0.6 is 0 Å². The van der Waals surface area contributed by atoms with Crippen LogP contribution in [-0.2, 0) is 17.8 Å². The van der Waals surface area contributed by atoms with Gasteiger partial charge in [0.1, 0.15) is 0 Å². The van der Waals surface area contributed by atoms with Gasteiger partial charge in [-0.3, -0.25) is 9.59 Å². The van der Waals surface area contributed by atoms with E-state index in [-0.39, 0.29) is 11.8 Å². The van der Waals surface area contributed by atoms with Crippen LogP contribution in [0.25, 0.3) is 10.9 Å². The lowest BCUT2D eigenvalue weighted by Gasteiger charge is -2.17. The van der Waals surface area contributed by atoms with E-state index < -0.39 is 0 Å². The number of benzene rings is 2. The smallest absolute Gasteiger partial charge is 0.251 e. The molecule has 0 saturated heterocycles. The normalized spacial score (nSPS) is 10.6. The van der Waals surface area contributed by atoms with Crippen molar-refractivity contribution in [1.29, 1.82) is 0 Å². The van der Waals surface area contributed by atoms with Crippen LogP contribution in [-0.4, -0.2) is 35.8 Å². The number of para-hydroxylation sites is 1. The minimum absolute atomic E-state index is 0.0557. The van der Waals surface area contributed by atoms with E-state index in [1.807, 2.05) is 42.6 Å². The van der Waals surface area contributed by atoms with E-state index in [1.54, 1.807) is 31.1 Å². The molecule has 0 spiro atoms. The van der Waals surface area contributed by atoms with Gasteiger partial charge in [-0.1, -0.05) is 30.3 Å². The zero-order chi connectivity index (χ0) is 17.8. The summed E-state index contributed by atoms with van der Waals surface area (Å²) in [5.74, 6) is -0.0598. The van der Waals surface area contributed by atoms with Crippen LogP contribution in [0, 0.1) is 0 Å². The standard InChI is InChI=1S/C20H21N3O2/c1-21-20(25)15-9-7-14(8-10-15)13-23(2)19(24)11-16-12-22-18-6-4-3-5-17(16)18/h3-10,12,22H,11,13H2,1-2H3,(H,21,25). The molecule has 5 nitrogen and oxygen atoms in total. The third kappa shape index (κ3) is 3.71. The highest BCUT2D eigenvalue weighted by molar-refractivity contribution is 5.94. The van der Waals surface area contributed by atoms with Gasteiger partial charge in [0.05, 0.1) is 6.42 Å². The minimum Gasteiger partial charge on any atom is -0.361 e. The van der Waals surface area contributed by atoms with E-state index in [9.17, 15) is 9.59 Å². The molecule has 0 saturated carbocycles. The van der Waals surface area contributed by atoms with Crippen LogP contribution in [0.5, 0.6) is 0 Å². The number of nitrogens with one attached hydrogen (secondary N) is 2. The maximum atomic E-state index is 12.5. The van der Waals surface area contributed by atoms with Gasteiger partial charge in [-0.15, -0.1) is 0 Å². The molecule has 2 amide bonds. The average molecular weight is 335 g/mol. The SMILES string of the molecule is CNC(=O)c1ccc(CN(C)C(=O)Cc2c[nH]c3ccccc23)cc1. The Balaban J connectivity index is 1.65. The molecule has 3 aromatic rings. The first-order valence-electron chi connectivity index (χ1n) is 8.18. The summed E-state index contributed by atoms with van der Waals surface area (Å²) in [7, 11) is 3.40. The number of likely N-dealkylation sites (N-methyl/N-ethyl adjacent to an activating group) is 1. The fourth-order valence-corrected chi connectivity index (χ4v) is 2.84. The highest BCUT2D eigenvalue weighted by Gasteiger charge is 2.13. The van der Waals surface area contributed by atoms with Gasteiger partial charge in [0.25, 0.3) is 5.91 Å². The number of amides is 2. The second-order valence-corrected chi connectivity index (χ2v) is 6.06. The lowest BCUT2D eigenvalue weighted by Crippen LogP contribution is -2.27. The summed E-state index contributed by atoms with van der Waals surface area (Å²) in [5, 5.41) is 3.68. The first-order chi connectivity index (χ1) is 12.1. The molecular weight excluding hydrogens is 314 g/mol. The number of carbonyl (C=O) groups is 2. The molecular formula is C20H21N3O2. The van der Waals surface area contributed by atoms with Crippen molar-refractivity contribution < 1.29 is 9.59 Å². The van der Waals surface area contributed by atoms with Crippen molar-refractivity contribution in [1.82, 2.24) is 15.2 Å². The second-order valence-electron chi connectivity index (χ2n) is 6.06. The number of aromatic amines is 1. The lowest BCUT2D eigenvalue weighted by atomic mass is 10.1.